The van der Waals surface area contributed by atoms with Gasteiger partial charge >= 0.3 is 0 Å². The van der Waals surface area contributed by atoms with Crippen molar-refractivity contribution in [2.24, 2.45) is 5.73 Å². The summed E-state index contributed by atoms with van der Waals surface area (Å²) in [7, 11) is 6.49. The van der Waals surface area contributed by atoms with Crippen LogP contribution in [0.5, 0.6) is 0 Å². The van der Waals surface area contributed by atoms with Gasteiger partial charge in [-0.05, 0) is 47.1 Å². The van der Waals surface area contributed by atoms with Crippen LogP contribution in [0, 0.1) is 0 Å². The third-order valence-electron chi connectivity index (χ3n) is 3.65. The molecular formula is C15H35N3. The molecule has 0 spiro atoms. The van der Waals surface area contributed by atoms with Crippen LogP contribution in [0.4, 0.5) is 0 Å². The van der Waals surface area contributed by atoms with Crippen molar-refractivity contribution in [2.45, 2.75) is 57.9 Å². The van der Waals surface area contributed by atoms with Crippen LogP contribution in [0.2, 0.25) is 0 Å². The Kier molecular flexibility index (Phi) is 11.9. The number of nitrogens with zero attached hydrogens (tertiary/aromatic N) is 2. The zero-order valence-corrected chi connectivity index (χ0v) is 13.1. The zero-order chi connectivity index (χ0) is 13.8. The van der Waals surface area contributed by atoms with Crippen molar-refractivity contribution in [1.29, 1.82) is 0 Å². The van der Waals surface area contributed by atoms with E-state index in [-0.39, 0.29) is 0 Å². The van der Waals surface area contributed by atoms with Gasteiger partial charge in [-0.15, -0.1) is 0 Å². The summed E-state index contributed by atoms with van der Waals surface area (Å²) in [6, 6.07) is 0.578. The lowest BCUT2D eigenvalue weighted by Crippen LogP contribution is -2.39. The van der Waals surface area contributed by atoms with Gasteiger partial charge in [-0.1, -0.05) is 39.0 Å². The Hall–Kier alpha value is -0.120. The van der Waals surface area contributed by atoms with E-state index in [2.05, 4.69) is 37.9 Å². The lowest BCUT2D eigenvalue weighted by Gasteiger charge is -2.27. The highest BCUT2D eigenvalue weighted by Gasteiger charge is 2.12. The molecule has 0 saturated carbocycles. The molecule has 0 aromatic carbocycles. The first kappa shape index (κ1) is 17.9. The van der Waals surface area contributed by atoms with Crippen LogP contribution >= 0.6 is 0 Å². The monoisotopic (exact) mass is 257 g/mol. The third kappa shape index (κ3) is 9.86. The molecule has 0 heterocycles. The average molecular weight is 257 g/mol. The molecule has 0 saturated heterocycles. The van der Waals surface area contributed by atoms with Gasteiger partial charge in [0.2, 0.25) is 0 Å². The topological polar surface area (TPSA) is 32.5 Å². The molecule has 0 aliphatic rings. The highest BCUT2D eigenvalue weighted by Crippen LogP contribution is 2.10. The maximum absolute atomic E-state index is 5.89. The van der Waals surface area contributed by atoms with Gasteiger partial charge in [0.05, 0.1) is 0 Å². The smallest absolute Gasteiger partial charge is 0.0215 e. The minimum atomic E-state index is 0.578. The number of nitrogens with two attached hydrogens (primary N) is 1. The number of hydrogen-bond acceptors (Lipinski definition) is 3. The molecule has 0 aliphatic carbocycles. The van der Waals surface area contributed by atoms with E-state index in [4.69, 9.17) is 5.73 Å². The second-order valence-corrected chi connectivity index (χ2v) is 5.73. The molecule has 0 bridgehead atoms. The molecule has 2 N–H and O–H groups in total. The Morgan fingerprint density at radius 1 is 0.889 bits per heavy atom. The van der Waals surface area contributed by atoms with Crippen LogP contribution in [0.25, 0.3) is 0 Å². The number of likely N-dealkylation sites (N-methyl/N-ethyl adjacent to an activating group) is 1. The maximum atomic E-state index is 5.89. The van der Waals surface area contributed by atoms with Crippen molar-refractivity contribution in [3.05, 3.63) is 0 Å². The molecule has 18 heavy (non-hydrogen) atoms. The number of unbranched alkanes of at least 4 members (excludes halogenated alkanes) is 4. The highest BCUT2D eigenvalue weighted by atomic mass is 15.1. The Bertz CT molecular complexity index is 171. The summed E-state index contributed by atoms with van der Waals surface area (Å²) in [5.74, 6) is 0. The maximum Gasteiger partial charge on any atom is 0.0215 e. The van der Waals surface area contributed by atoms with Crippen molar-refractivity contribution in [3.8, 4) is 0 Å². The van der Waals surface area contributed by atoms with Gasteiger partial charge < -0.3 is 15.5 Å². The summed E-state index contributed by atoms with van der Waals surface area (Å²) in [6.07, 6.45) is 9.29. The molecule has 0 rings (SSSR count). The first-order valence-electron chi connectivity index (χ1n) is 7.66. The largest absolute Gasteiger partial charge is 0.329 e. The predicted molar refractivity (Wildman–Crippen MR) is 82.0 cm³/mol. The van der Waals surface area contributed by atoms with Gasteiger partial charge in [-0.2, -0.15) is 0 Å². The van der Waals surface area contributed by atoms with Crippen molar-refractivity contribution < 1.29 is 0 Å². The number of rotatable bonds is 12. The fourth-order valence-corrected chi connectivity index (χ4v) is 2.32. The molecule has 0 aromatic heterocycles. The van der Waals surface area contributed by atoms with E-state index in [0.717, 1.165) is 19.6 Å². The molecule has 0 aromatic rings. The summed E-state index contributed by atoms with van der Waals surface area (Å²) >= 11 is 0. The molecule has 110 valence electrons. The van der Waals surface area contributed by atoms with Crippen LogP contribution in [0.3, 0.4) is 0 Å². The molecule has 3 nitrogen and oxygen atoms in total. The normalized spacial score (nSPS) is 13.5. The standard InChI is InChI=1S/C15H35N3/c1-5-6-7-8-9-11-15(14-16)18(4)13-10-12-17(2)3/h15H,5-14,16H2,1-4H3. The van der Waals surface area contributed by atoms with Gasteiger partial charge in [0, 0.05) is 12.6 Å². The number of hydrogen-bond donors (Lipinski definition) is 1. The fraction of sp³-hybridized carbons (Fsp3) is 1.00. The average Bonchev–Trinajstić information content (AvgIpc) is 2.33. The van der Waals surface area contributed by atoms with E-state index in [0.29, 0.717) is 6.04 Å². The highest BCUT2D eigenvalue weighted by molar-refractivity contribution is 4.70. The van der Waals surface area contributed by atoms with Crippen LogP contribution in [-0.2, 0) is 0 Å². The van der Waals surface area contributed by atoms with Crippen molar-refractivity contribution in [2.75, 3.05) is 40.8 Å². The second-order valence-electron chi connectivity index (χ2n) is 5.73. The molecule has 0 fully saturated rings. The minimum Gasteiger partial charge on any atom is -0.329 e. The van der Waals surface area contributed by atoms with Gasteiger partial charge in [-0.3, -0.25) is 0 Å². The minimum absolute atomic E-state index is 0.578. The Balaban J connectivity index is 3.65. The summed E-state index contributed by atoms with van der Waals surface area (Å²) in [4.78, 5) is 4.69. The quantitative estimate of drug-likeness (QED) is 0.545. The van der Waals surface area contributed by atoms with E-state index in [1.165, 1.54) is 44.9 Å². The third-order valence-corrected chi connectivity index (χ3v) is 3.65. The van der Waals surface area contributed by atoms with Crippen LogP contribution in [-0.4, -0.2) is 56.6 Å². The Labute approximate surface area is 115 Å². The SMILES string of the molecule is CCCCCCCC(CN)N(C)CCCN(C)C. The first-order chi connectivity index (χ1) is 8.61. The van der Waals surface area contributed by atoms with Crippen molar-refractivity contribution >= 4 is 0 Å². The van der Waals surface area contributed by atoms with E-state index in [1.54, 1.807) is 0 Å². The van der Waals surface area contributed by atoms with E-state index in [1.807, 2.05) is 0 Å². The zero-order valence-electron chi connectivity index (χ0n) is 13.1. The van der Waals surface area contributed by atoms with Crippen LogP contribution in [0.1, 0.15) is 51.9 Å². The fourth-order valence-electron chi connectivity index (χ4n) is 2.32. The van der Waals surface area contributed by atoms with E-state index in [9.17, 15) is 0 Å². The van der Waals surface area contributed by atoms with Crippen molar-refractivity contribution in [3.63, 3.8) is 0 Å². The molecule has 0 amide bonds. The van der Waals surface area contributed by atoms with Gasteiger partial charge in [-0.25, -0.2) is 0 Å². The summed E-state index contributed by atoms with van der Waals surface area (Å²) in [5, 5.41) is 0. The van der Waals surface area contributed by atoms with E-state index >= 15 is 0 Å². The molecular weight excluding hydrogens is 222 g/mol. The second kappa shape index (κ2) is 11.9. The lowest BCUT2D eigenvalue weighted by atomic mass is 10.1. The van der Waals surface area contributed by atoms with Crippen LogP contribution < -0.4 is 5.73 Å². The summed E-state index contributed by atoms with van der Waals surface area (Å²) in [5.41, 5.74) is 5.89. The predicted octanol–water partition coefficient (Wildman–Crippen LogP) is 2.56. The van der Waals surface area contributed by atoms with Crippen molar-refractivity contribution in [1.82, 2.24) is 9.80 Å². The molecule has 0 aliphatic heterocycles. The first-order valence-corrected chi connectivity index (χ1v) is 7.66. The molecule has 0 radical (unpaired) electrons. The van der Waals surface area contributed by atoms with Gasteiger partial charge in [0.15, 0.2) is 0 Å². The Morgan fingerprint density at radius 3 is 2.11 bits per heavy atom. The lowest BCUT2D eigenvalue weighted by molar-refractivity contribution is 0.219. The Morgan fingerprint density at radius 2 is 1.56 bits per heavy atom. The van der Waals surface area contributed by atoms with Crippen LogP contribution in [0.15, 0.2) is 0 Å². The van der Waals surface area contributed by atoms with Gasteiger partial charge in [0.1, 0.15) is 0 Å². The molecule has 3 heteroatoms. The summed E-state index contributed by atoms with van der Waals surface area (Å²) in [6.45, 7) is 5.39. The summed E-state index contributed by atoms with van der Waals surface area (Å²) < 4.78 is 0. The molecule has 1 atom stereocenters. The van der Waals surface area contributed by atoms with E-state index < -0.39 is 0 Å². The van der Waals surface area contributed by atoms with Gasteiger partial charge in [0.25, 0.3) is 0 Å². The molecule has 1 unspecified atom stereocenters.